The summed E-state index contributed by atoms with van der Waals surface area (Å²) in [6, 6.07) is 19.1. The van der Waals surface area contributed by atoms with E-state index in [4.69, 9.17) is 14.2 Å². The fourth-order valence-electron chi connectivity index (χ4n) is 2.92. The highest BCUT2D eigenvalue weighted by atomic mass is 16.5. The van der Waals surface area contributed by atoms with E-state index in [1.54, 1.807) is 48.5 Å². The third kappa shape index (κ3) is 3.98. The summed E-state index contributed by atoms with van der Waals surface area (Å²) in [7, 11) is 1.53. The van der Waals surface area contributed by atoms with Crippen LogP contribution in [0.1, 0.15) is 10.4 Å². The van der Waals surface area contributed by atoms with Crippen molar-refractivity contribution in [1.82, 2.24) is 0 Å². The molecule has 0 saturated heterocycles. The molecule has 0 atom stereocenters. The van der Waals surface area contributed by atoms with Crippen LogP contribution >= 0.6 is 0 Å². The van der Waals surface area contributed by atoms with Crippen molar-refractivity contribution < 1.29 is 23.8 Å². The fraction of sp³-hybridized carbons (Fsp3) is 0.0909. The van der Waals surface area contributed by atoms with Crippen LogP contribution in [0.2, 0.25) is 0 Å². The summed E-state index contributed by atoms with van der Waals surface area (Å²) in [6.07, 6.45) is 0. The SMILES string of the molecule is COc1ccccc1OCC(=O)Nc1ccc2c(c1)C(=O)Nc1ccccc1O2. The standard InChI is InChI=1S/C22H18N2O5/c1-27-19-8-4-5-9-20(19)28-13-21(25)23-14-10-11-17-15(12-14)22(26)24-16-6-2-3-7-18(16)29-17/h2-12H,13H2,1H3,(H,23,25)(H,24,26). The Bertz CT molecular complexity index is 1080. The zero-order chi connectivity index (χ0) is 20.2. The van der Waals surface area contributed by atoms with Crippen LogP contribution < -0.4 is 24.8 Å². The van der Waals surface area contributed by atoms with E-state index in [0.29, 0.717) is 39.9 Å². The molecule has 2 N–H and O–H groups in total. The molecule has 0 radical (unpaired) electrons. The van der Waals surface area contributed by atoms with Gasteiger partial charge in [-0.05, 0) is 42.5 Å². The molecule has 1 heterocycles. The molecule has 3 aromatic carbocycles. The fourth-order valence-corrected chi connectivity index (χ4v) is 2.92. The van der Waals surface area contributed by atoms with Crippen LogP contribution in [0.15, 0.2) is 66.7 Å². The van der Waals surface area contributed by atoms with Gasteiger partial charge in [-0.2, -0.15) is 0 Å². The molecule has 0 fully saturated rings. The van der Waals surface area contributed by atoms with E-state index >= 15 is 0 Å². The number of carbonyl (C=O) groups excluding carboxylic acids is 2. The first kappa shape index (κ1) is 18.4. The summed E-state index contributed by atoms with van der Waals surface area (Å²) >= 11 is 0. The van der Waals surface area contributed by atoms with E-state index in [2.05, 4.69) is 10.6 Å². The molecule has 3 aromatic rings. The molecule has 4 rings (SSSR count). The summed E-state index contributed by atoms with van der Waals surface area (Å²) in [5.74, 6) is 1.30. The zero-order valence-electron chi connectivity index (χ0n) is 15.6. The Morgan fingerprint density at radius 1 is 1.00 bits per heavy atom. The molecule has 0 spiro atoms. The number of carbonyl (C=O) groups is 2. The van der Waals surface area contributed by atoms with Gasteiger partial charge >= 0.3 is 0 Å². The highest BCUT2D eigenvalue weighted by Crippen LogP contribution is 2.36. The second-order valence-electron chi connectivity index (χ2n) is 6.25. The monoisotopic (exact) mass is 390 g/mol. The maximum Gasteiger partial charge on any atom is 0.262 e. The first-order chi connectivity index (χ1) is 14.1. The average molecular weight is 390 g/mol. The van der Waals surface area contributed by atoms with Gasteiger partial charge < -0.3 is 24.8 Å². The van der Waals surface area contributed by atoms with Crippen molar-refractivity contribution in [3.8, 4) is 23.0 Å². The maximum absolute atomic E-state index is 12.5. The molecule has 7 heteroatoms. The van der Waals surface area contributed by atoms with Crippen molar-refractivity contribution in [2.24, 2.45) is 0 Å². The molecule has 1 aliphatic rings. The third-order valence-corrected chi connectivity index (χ3v) is 4.29. The lowest BCUT2D eigenvalue weighted by molar-refractivity contribution is -0.118. The number of hydrogen-bond acceptors (Lipinski definition) is 5. The first-order valence-electron chi connectivity index (χ1n) is 8.92. The van der Waals surface area contributed by atoms with Gasteiger partial charge in [-0.25, -0.2) is 0 Å². The number of hydrogen-bond donors (Lipinski definition) is 2. The quantitative estimate of drug-likeness (QED) is 0.686. The van der Waals surface area contributed by atoms with Crippen molar-refractivity contribution in [3.05, 3.63) is 72.3 Å². The molecular weight excluding hydrogens is 372 g/mol. The molecule has 7 nitrogen and oxygen atoms in total. The molecular formula is C22H18N2O5. The zero-order valence-corrected chi connectivity index (χ0v) is 15.6. The number of fused-ring (bicyclic) bond motifs is 2. The molecule has 0 aliphatic carbocycles. The number of ether oxygens (including phenoxy) is 3. The number of rotatable bonds is 5. The average Bonchev–Trinajstić information content (AvgIpc) is 2.88. The lowest BCUT2D eigenvalue weighted by Gasteiger charge is -2.12. The van der Waals surface area contributed by atoms with E-state index < -0.39 is 0 Å². The lowest BCUT2D eigenvalue weighted by atomic mass is 10.1. The van der Waals surface area contributed by atoms with Gasteiger partial charge in [0.2, 0.25) is 0 Å². The van der Waals surface area contributed by atoms with E-state index in [1.165, 1.54) is 7.11 Å². The van der Waals surface area contributed by atoms with E-state index in [9.17, 15) is 9.59 Å². The van der Waals surface area contributed by atoms with Crippen molar-refractivity contribution in [3.63, 3.8) is 0 Å². The van der Waals surface area contributed by atoms with Gasteiger partial charge in [0.15, 0.2) is 23.9 Å². The smallest absolute Gasteiger partial charge is 0.262 e. The Hall–Kier alpha value is -4.00. The topological polar surface area (TPSA) is 85.9 Å². The van der Waals surface area contributed by atoms with Crippen molar-refractivity contribution in [2.45, 2.75) is 0 Å². The molecule has 0 aromatic heterocycles. The number of nitrogens with one attached hydrogen (secondary N) is 2. The van der Waals surface area contributed by atoms with Gasteiger partial charge in [-0.3, -0.25) is 9.59 Å². The van der Waals surface area contributed by atoms with Gasteiger partial charge in [0.05, 0.1) is 18.4 Å². The van der Waals surface area contributed by atoms with Crippen LogP contribution in [0.3, 0.4) is 0 Å². The van der Waals surface area contributed by atoms with Crippen LogP contribution in [0.5, 0.6) is 23.0 Å². The lowest BCUT2D eigenvalue weighted by Crippen LogP contribution is -2.20. The van der Waals surface area contributed by atoms with Gasteiger partial charge in [0.25, 0.3) is 11.8 Å². The minimum Gasteiger partial charge on any atom is -0.493 e. The minimum atomic E-state index is -0.367. The largest absolute Gasteiger partial charge is 0.493 e. The Balaban J connectivity index is 1.46. The first-order valence-corrected chi connectivity index (χ1v) is 8.92. The van der Waals surface area contributed by atoms with Crippen LogP contribution in [-0.2, 0) is 4.79 Å². The van der Waals surface area contributed by atoms with Gasteiger partial charge in [0.1, 0.15) is 5.75 Å². The maximum atomic E-state index is 12.5. The summed E-state index contributed by atoms with van der Waals surface area (Å²) < 4.78 is 16.5. The molecule has 146 valence electrons. The van der Waals surface area contributed by atoms with Crippen LogP contribution in [0.4, 0.5) is 11.4 Å². The molecule has 29 heavy (non-hydrogen) atoms. The van der Waals surface area contributed by atoms with E-state index in [0.717, 1.165) is 0 Å². The summed E-state index contributed by atoms with van der Waals surface area (Å²) in [5.41, 5.74) is 1.37. The molecule has 0 bridgehead atoms. The van der Waals surface area contributed by atoms with Crippen LogP contribution in [0.25, 0.3) is 0 Å². The van der Waals surface area contributed by atoms with Crippen molar-refractivity contribution in [2.75, 3.05) is 24.4 Å². The number of methoxy groups -OCH3 is 1. The molecule has 1 aliphatic heterocycles. The third-order valence-electron chi connectivity index (χ3n) is 4.29. The van der Waals surface area contributed by atoms with Gasteiger partial charge in [-0.15, -0.1) is 0 Å². The van der Waals surface area contributed by atoms with Crippen LogP contribution in [-0.4, -0.2) is 25.5 Å². The molecule has 0 unspecified atom stereocenters. The predicted octanol–water partition coefficient (Wildman–Crippen LogP) is 4.07. The minimum absolute atomic E-state index is 0.203. The second-order valence-corrected chi connectivity index (χ2v) is 6.25. The second kappa shape index (κ2) is 7.93. The Kier molecular flexibility index (Phi) is 5.03. The predicted molar refractivity (Wildman–Crippen MR) is 108 cm³/mol. The molecule has 2 amide bonds. The Morgan fingerprint density at radius 3 is 2.59 bits per heavy atom. The number of amides is 2. The van der Waals surface area contributed by atoms with Crippen LogP contribution in [0, 0.1) is 0 Å². The number of benzene rings is 3. The van der Waals surface area contributed by atoms with E-state index in [1.807, 2.05) is 18.2 Å². The summed E-state index contributed by atoms with van der Waals surface area (Å²) in [4.78, 5) is 24.8. The highest BCUT2D eigenvalue weighted by molar-refractivity contribution is 6.09. The Labute approximate surface area is 167 Å². The normalized spacial score (nSPS) is 11.8. The van der Waals surface area contributed by atoms with Crippen molar-refractivity contribution in [1.29, 1.82) is 0 Å². The number of anilines is 2. The highest BCUT2D eigenvalue weighted by Gasteiger charge is 2.21. The summed E-state index contributed by atoms with van der Waals surface area (Å²) in [5, 5.41) is 5.52. The number of para-hydroxylation sites is 4. The molecule has 0 saturated carbocycles. The van der Waals surface area contributed by atoms with Crippen molar-refractivity contribution >= 4 is 23.2 Å². The van der Waals surface area contributed by atoms with Gasteiger partial charge in [-0.1, -0.05) is 24.3 Å². The Morgan fingerprint density at radius 2 is 1.76 bits per heavy atom. The van der Waals surface area contributed by atoms with E-state index in [-0.39, 0.29) is 18.4 Å². The van der Waals surface area contributed by atoms with Gasteiger partial charge in [0, 0.05) is 5.69 Å². The summed E-state index contributed by atoms with van der Waals surface area (Å²) in [6.45, 7) is -0.203.